The van der Waals surface area contributed by atoms with Crippen LogP contribution in [0.1, 0.15) is 37.3 Å². The van der Waals surface area contributed by atoms with Crippen LogP contribution in [0.4, 0.5) is 5.82 Å². The van der Waals surface area contributed by atoms with Crippen LogP contribution in [0.25, 0.3) is 16.9 Å². The quantitative estimate of drug-likeness (QED) is 0.711. The molecule has 2 heterocycles. The van der Waals surface area contributed by atoms with Gasteiger partial charge >= 0.3 is 0 Å². The Morgan fingerprint density at radius 1 is 1.04 bits per heavy atom. The summed E-state index contributed by atoms with van der Waals surface area (Å²) in [6, 6.07) is 8.33. The molecule has 3 aromatic rings. The molecule has 2 aliphatic carbocycles. The standard InChI is InChI=1S/C20H22ClN5/c1-11-22-19(25-17(13-7-8-13)14-9-10-14)18-20(23-11)26(12(2)24-18)16-6-4-3-5-15(16)21/h3-6,13-14,17H,7-10H2,1-2H3,(H,22,23,25). The van der Waals surface area contributed by atoms with Crippen LogP contribution in [0.5, 0.6) is 0 Å². The maximum Gasteiger partial charge on any atom is 0.170 e. The zero-order chi connectivity index (χ0) is 17.8. The van der Waals surface area contributed by atoms with Crippen molar-refractivity contribution >= 4 is 28.6 Å². The molecule has 2 fully saturated rings. The van der Waals surface area contributed by atoms with Crippen molar-refractivity contribution in [1.29, 1.82) is 0 Å². The van der Waals surface area contributed by atoms with Crippen LogP contribution in [0.3, 0.4) is 0 Å². The Morgan fingerprint density at radius 2 is 1.73 bits per heavy atom. The second-order valence-electron chi connectivity index (χ2n) is 7.58. The highest BCUT2D eigenvalue weighted by atomic mass is 35.5. The van der Waals surface area contributed by atoms with Gasteiger partial charge < -0.3 is 5.32 Å². The number of para-hydroxylation sites is 1. The van der Waals surface area contributed by atoms with Gasteiger partial charge in [-0.15, -0.1) is 0 Å². The van der Waals surface area contributed by atoms with Gasteiger partial charge in [-0.1, -0.05) is 23.7 Å². The molecule has 0 bridgehead atoms. The molecule has 6 heteroatoms. The summed E-state index contributed by atoms with van der Waals surface area (Å²) in [7, 11) is 0. The van der Waals surface area contributed by atoms with Crippen LogP contribution in [0, 0.1) is 25.7 Å². The molecule has 0 spiro atoms. The summed E-state index contributed by atoms with van der Waals surface area (Å²) < 4.78 is 2.03. The lowest BCUT2D eigenvalue weighted by Gasteiger charge is -2.18. The summed E-state index contributed by atoms with van der Waals surface area (Å²) in [5.41, 5.74) is 2.55. The lowest BCUT2D eigenvalue weighted by Crippen LogP contribution is -2.25. The van der Waals surface area contributed by atoms with Crippen molar-refractivity contribution in [2.75, 3.05) is 5.32 Å². The van der Waals surface area contributed by atoms with Gasteiger partial charge in [-0.25, -0.2) is 15.0 Å². The predicted molar refractivity (Wildman–Crippen MR) is 104 cm³/mol. The minimum atomic E-state index is 0.526. The van der Waals surface area contributed by atoms with Crippen LogP contribution in [-0.4, -0.2) is 25.6 Å². The van der Waals surface area contributed by atoms with E-state index in [1.54, 1.807) is 0 Å². The van der Waals surface area contributed by atoms with Crippen molar-refractivity contribution in [2.24, 2.45) is 11.8 Å². The second-order valence-corrected chi connectivity index (χ2v) is 7.99. The number of hydrogen-bond acceptors (Lipinski definition) is 4. The topological polar surface area (TPSA) is 55.6 Å². The van der Waals surface area contributed by atoms with E-state index in [-0.39, 0.29) is 0 Å². The summed E-state index contributed by atoms with van der Waals surface area (Å²) in [5, 5.41) is 4.42. The van der Waals surface area contributed by atoms with Crippen LogP contribution < -0.4 is 5.32 Å². The fourth-order valence-electron chi connectivity index (χ4n) is 3.89. The van der Waals surface area contributed by atoms with E-state index in [0.29, 0.717) is 11.1 Å². The highest BCUT2D eigenvalue weighted by Crippen LogP contribution is 2.46. The molecule has 5 rings (SSSR count). The van der Waals surface area contributed by atoms with E-state index in [4.69, 9.17) is 26.6 Å². The maximum atomic E-state index is 6.44. The molecule has 2 saturated carbocycles. The van der Waals surface area contributed by atoms with Gasteiger partial charge in [-0.2, -0.15) is 0 Å². The number of halogens is 1. The highest BCUT2D eigenvalue weighted by Gasteiger charge is 2.42. The fraction of sp³-hybridized carbons (Fsp3) is 0.450. The lowest BCUT2D eigenvalue weighted by atomic mass is 10.1. The van der Waals surface area contributed by atoms with Crippen LogP contribution in [-0.2, 0) is 0 Å². The van der Waals surface area contributed by atoms with Gasteiger partial charge in [0.1, 0.15) is 11.6 Å². The first-order valence-corrected chi connectivity index (χ1v) is 9.75. The van der Waals surface area contributed by atoms with Crippen molar-refractivity contribution in [2.45, 2.75) is 45.6 Å². The van der Waals surface area contributed by atoms with Crippen LogP contribution in [0.2, 0.25) is 5.02 Å². The van der Waals surface area contributed by atoms with Crippen molar-refractivity contribution in [3.05, 3.63) is 40.9 Å². The molecule has 0 radical (unpaired) electrons. The third-order valence-corrected chi connectivity index (χ3v) is 5.76. The van der Waals surface area contributed by atoms with Crippen molar-refractivity contribution in [3.8, 4) is 5.69 Å². The first-order chi connectivity index (χ1) is 12.6. The molecule has 26 heavy (non-hydrogen) atoms. The molecule has 5 nitrogen and oxygen atoms in total. The van der Waals surface area contributed by atoms with Crippen molar-refractivity contribution in [1.82, 2.24) is 19.5 Å². The maximum absolute atomic E-state index is 6.44. The summed E-state index contributed by atoms with van der Waals surface area (Å²) in [6.07, 6.45) is 5.31. The van der Waals surface area contributed by atoms with Crippen LogP contribution >= 0.6 is 11.6 Å². The third-order valence-electron chi connectivity index (χ3n) is 5.44. The molecule has 0 unspecified atom stereocenters. The molecule has 0 saturated heterocycles. The van der Waals surface area contributed by atoms with E-state index in [9.17, 15) is 0 Å². The van der Waals surface area contributed by atoms with E-state index in [0.717, 1.165) is 46.2 Å². The number of hydrogen-bond donors (Lipinski definition) is 1. The number of benzene rings is 1. The number of nitrogens with zero attached hydrogens (tertiary/aromatic N) is 4. The number of nitrogens with one attached hydrogen (secondary N) is 1. The summed E-state index contributed by atoms with van der Waals surface area (Å²) in [4.78, 5) is 14.2. The molecule has 0 amide bonds. The number of anilines is 1. The van der Waals surface area contributed by atoms with E-state index in [1.807, 2.05) is 42.7 Å². The molecular formula is C20H22ClN5. The number of fused-ring (bicyclic) bond motifs is 1. The monoisotopic (exact) mass is 367 g/mol. The SMILES string of the molecule is Cc1nc(NC(C2CC2)C2CC2)c2nc(C)n(-c3ccccc3Cl)c2n1. The van der Waals surface area contributed by atoms with Gasteiger partial charge in [0.2, 0.25) is 0 Å². The molecule has 1 aromatic carbocycles. The Hall–Kier alpha value is -2.14. The van der Waals surface area contributed by atoms with E-state index in [1.165, 1.54) is 25.7 Å². The molecular weight excluding hydrogens is 346 g/mol. The number of aromatic nitrogens is 4. The van der Waals surface area contributed by atoms with Gasteiger partial charge in [0, 0.05) is 6.04 Å². The van der Waals surface area contributed by atoms with Gasteiger partial charge in [-0.3, -0.25) is 4.57 Å². The first-order valence-electron chi connectivity index (χ1n) is 9.37. The third kappa shape index (κ3) is 2.75. The van der Waals surface area contributed by atoms with E-state index < -0.39 is 0 Å². The Morgan fingerprint density at radius 3 is 2.38 bits per heavy atom. The predicted octanol–water partition coefficient (Wildman–Crippen LogP) is 4.69. The molecule has 2 aliphatic rings. The van der Waals surface area contributed by atoms with Gasteiger partial charge in [0.05, 0.1) is 10.7 Å². The van der Waals surface area contributed by atoms with E-state index >= 15 is 0 Å². The average molecular weight is 368 g/mol. The summed E-state index contributed by atoms with van der Waals surface area (Å²) in [5.74, 6) is 4.06. The summed E-state index contributed by atoms with van der Waals surface area (Å²) >= 11 is 6.44. The molecule has 0 aliphatic heterocycles. The minimum Gasteiger partial charge on any atom is -0.365 e. The van der Waals surface area contributed by atoms with Gasteiger partial charge in [-0.05, 0) is 63.5 Å². The Labute approximate surface area is 157 Å². The first kappa shape index (κ1) is 16.1. The molecule has 0 atom stereocenters. The number of rotatable bonds is 5. The number of aryl methyl sites for hydroxylation is 2. The average Bonchev–Trinajstić information content (AvgIpc) is 3.52. The van der Waals surface area contributed by atoms with Crippen LogP contribution in [0.15, 0.2) is 24.3 Å². The normalized spacial score (nSPS) is 17.2. The van der Waals surface area contributed by atoms with Gasteiger partial charge in [0.25, 0.3) is 0 Å². The highest BCUT2D eigenvalue weighted by molar-refractivity contribution is 6.32. The molecule has 1 N–H and O–H groups in total. The van der Waals surface area contributed by atoms with E-state index in [2.05, 4.69) is 5.32 Å². The smallest absolute Gasteiger partial charge is 0.170 e. The Balaban J connectivity index is 1.64. The summed E-state index contributed by atoms with van der Waals surface area (Å²) in [6.45, 7) is 3.93. The van der Waals surface area contributed by atoms with Crippen molar-refractivity contribution < 1.29 is 0 Å². The number of imidazole rings is 1. The Bertz CT molecular complexity index is 975. The Kier molecular flexibility index (Phi) is 3.67. The zero-order valence-electron chi connectivity index (χ0n) is 15.0. The lowest BCUT2D eigenvalue weighted by molar-refractivity contribution is 0.566. The second kappa shape index (κ2) is 5.95. The fourth-order valence-corrected chi connectivity index (χ4v) is 4.11. The largest absolute Gasteiger partial charge is 0.365 e. The minimum absolute atomic E-state index is 0.526. The van der Waals surface area contributed by atoms with Gasteiger partial charge in [0.15, 0.2) is 17.0 Å². The molecule has 134 valence electrons. The molecule has 2 aromatic heterocycles. The van der Waals surface area contributed by atoms with Crippen molar-refractivity contribution in [3.63, 3.8) is 0 Å². The zero-order valence-corrected chi connectivity index (χ0v) is 15.8.